The molecule has 1 aromatic heterocycles. The summed E-state index contributed by atoms with van der Waals surface area (Å²) in [4.78, 5) is 52.3. The fourth-order valence-corrected chi connectivity index (χ4v) is 4.10. The second-order valence-electron chi connectivity index (χ2n) is 8.11. The van der Waals surface area contributed by atoms with E-state index in [2.05, 4.69) is 0 Å². The lowest BCUT2D eigenvalue weighted by Crippen LogP contribution is -2.62. The summed E-state index contributed by atoms with van der Waals surface area (Å²) in [6.45, 7) is -0.113. The molecule has 0 fully saturated rings. The van der Waals surface area contributed by atoms with E-state index in [9.17, 15) is 32.3 Å². The number of amides is 2. The summed E-state index contributed by atoms with van der Waals surface area (Å²) in [5, 5.41) is 3.79. The molecule has 182 valence electrons. The Labute approximate surface area is 196 Å². The van der Waals surface area contributed by atoms with E-state index in [1.807, 2.05) is 10.3 Å². The Bertz CT molecular complexity index is 1370. The summed E-state index contributed by atoms with van der Waals surface area (Å²) in [6, 6.07) is 17.5. The maximum Gasteiger partial charge on any atom is 0.425 e. The maximum absolute atomic E-state index is 14.4. The van der Waals surface area contributed by atoms with Crippen LogP contribution in [0.2, 0.25) is 0 Å². The first-order chi connectivity index (χ1) is 16.6. The molecule has 0 aliphatic carbocycles. The van der Waals surface area contributed by atoms with E-state index in [1.54, 1.807) is 66.0 Å². The average Bonchev–Trinajstić information content (AvgIpc) is 3.12. The zero-order chi connectivity index (χ0) is 25.2. The Morgan fingerprint density at radius 3 is 2.06 bits per heavy atom. The molecule has 2 amide bonds. The van der Waals surface area contributed by atoms with E-state index < -0.39 is 46.2 Å². The third-order valence-corrected chi connectivity index (χ3v) is 5.85. The van der Waals surface area contributed by atoms with Crippen molar-refractivity contribution in [3.63, 3.8) is 0 Å². The number of carbonyl (C=O) groups is 2. The number of anilines is 1. The van der Waals surface area contributed by atoms with Gasteiger partial charge in [0, 0.05) is 13.0 Å². The fourth-order valence-electron chi connectivity index (χ4n) is 4.10. The van der Waals surface area contributed by atoms with Crippen molar-refractivity contribution >= 4 is 17.6 Å². The third-order valence-electron chi connectivity index (χ3n) is 5.85. The summed E-state index contributed by atoms with van der Waals surface area (Å²) in [5.74, 6) is -3.31. The van der Waals surface area contributed by atoms with Crippen LogP contribution in [0.25, 0.3) is 0 Å². The predicted molar refractivity (Wildman–Crippen MR) is 121 cm³/mol. The van der Waals surface area contributed by atoms with Crippen molar-refractivity contribution in [1.29, 1.82) is 0 Å². The van der Waals surface area contributed by atoms with Gasteiger partial charge in [-0.2, -0.15) is 13.2 Å². The van der Waals surface area contributed by atoms with Gasteiger partial charge < -0.3 is 10.6 Å². The molecule has 0 radical (unpaired) electrons. The maximum atomic E-state index is 14.4. The summed E-state index contributed by atoms with van der Waals surface area (Å²) >= 11 is 0. The minimum atomic E-state index is -5.36. The van der Waals surface area contributed by atoms with Crippen molar-refractivity contribution in [3.8, 4) is 0 Å². The SMILES string of the molecule is O=C(CCc1ccccc1)N[C@]1(C(F)(F)F)C(=O)Nc2c1c(=O)[nH]c(=O)n2CCc1ccccc1. The molecule has 35 heavy (non-hydrogen) atoms. The van der Waals surface area contributed by atoms with Crippen molar-refractivity contribution < 1.29 is 22.8 Å². The third kappa shape index (κ3) is 4.48. The molecule has 0 unspecified atom stereocenters. The van der Waals surface area contributed by atoms with Gasteiger partial charge in [0.25, 0.3) is 11.5 Å². The normalized spacial score (nSPS) is 17.1. The monoisotopic (exact) mass is 486 g/mol. The summed E-state index contributed by atoms with van der Waals surface area (Å²) in [5.41, 5.74) is -5.56. The van der Waals surface area contributed by atoms with Gasteiger partial charge in [0.15, 0.2) is 0 Å². The number of alkyl halides is 3. The molecule has 1 atom stereocenters. The minimum Gasteiger partial charge on any atom is -0.330 e. The second kappa shape index (κ2) is 9.24. The lowest BCUT2D eigenvalue weighted by atomic mass is 9.91. The average molecular weight is 486 g/mol. The van der Waals surface area contributed by atoms with Gasteiger partial charge in [-0.25, -0.2) is 4.79 Å². The van der Waals surface area contributed by atoms with Crippen LogP contribution in [0.4, 0.5) is 19.0 Å². The molecule has 3 aromatic rings. The number of aromatic nitrogens is 2. The summed E-state index contributed by atoms with van der Waals surface area (Å²) < 4.78 is 44.1. The van der Waals surface area contributed by atoms with Gasteiger partial charge in [0.2, 0.25) is 11.4 Å². The van der Waals surface area contributed by atoms with E-state index in [1.165, 1.54) is 0 Å². The van der Waals surface area contributed by atoms with Crippen LogP contribution in [0.5, 0.6) is 0 Å². The van der Waals surface area contributed by atoms with Gasteiger partial charge in [-0.1, -0.05) is 60.7 Å². The molecule has 1 aliphatic heterocycles. The quantitative estimate of drug-likeness (QED) is 0.475. The van der Waals surface area contributed by atoms with Gasteiger partial charge in [-0.05, 0) is 24.0 Å². The van der Waals surface area contributed by atoms with Gasteiger partial charge in [0.1, 0.15) is 11.4 Å². The molecule has 3 N–H and O–H groups in total. The number of hydrogen-bond acceptors (Lipinski definition) is 4. The fraction of sp³-hybridized carbons (Fsp3) is 0.250. The number of aryl methyl sites for hydroxylation is 2. The second-order valence-corrected chi connectivity index (χ2v) is 8.11. The molecule has 0 bridgehead atoms. The first-order valence-corrected chi connectivity index (χ1v) is 10.8. The lowest BCUT2D eigenvalue weighted by Gasteiger charge is -2.30. The van der Waals surface area contributed by atoms with Crippen LogP contribution in [0.1, 0.15) is 23.1 Å². The van der Waals surface area contributed by atoms with Gasteiger partial charge in [0.05, 0.1) is 0 Å². The van der Waals surface area contributed by atoms with Gasteiger partial charge in [-0.15, -0.1) is 0 Å². The Hall–Kier alpha value is -4.15. The van der Waals surface area contributed by atoms with Crippen LogP contribution in [0.3, 0.4) is 0 Å². The number of nitrogens with zero attached hydrogens (tertiary/aromatic N) is 1. The predicted octanol–water partition coefficient (Wildman–Crippen LogP) is 2.24. The highest BCUT2D eigenvalue weighted by molar-refractivity contribution is 6.07. The van der Waals surface area contributed by atoms with Crippen LogP contribution < -0.4 is 21.9 Å². The molecule has 1 aliphatic rings. The number of benzene rings is 2. The highest BCUT2D eigenvalue weighted by Crippen LogP contribution is 2.45. The zero-order valence-electron chi connectivity index (χ0n) is 18.3. The van der Waals surface area contributed by atoms with E-state index in [0.717, 1.165) is 10.1 Å². The largest absolute Gasteiger partial charge is 0.425 e. The molecular formula is C24H21F3N4O4. The Morgan fingerprint density at radius 2 is 1.49 bits per heavy atom. The molecule has 2 aromatic carbocycles. The highest BCUT2D eigenvalue weighted by atomic mass is 19.4. The van der Waals surface area contributed by atoms with Crippen LogP contribution in [-0.4, -0.2) is 27.5 Å². The first kappa shape index (κ1) is 24.0. The number of carbonyl (C=O) groups excluding carboxylic acids is 2. The van der Waals surface area contributed by atoms with Gasteiger partial charge >= 0.3 is 11.9 Å². The number of rotatable bonds is 7. The number of fused-ring (bicyclic) bond motifs is 1. The van der Waals surface area contributed by atoms with Crippen molar-refractivity contribution in [2.45, 2.75) is 37.5 Å². The van der Waals surface area contributed by atoms with E-state index >= 15 is 0 Å². The summed E-state index contributed by atoms with van der Waals surface area (Å²) in [7, 11) is 0. The molecule has 2 heterocycles. The molecule has 0 spiro atoms. The molecule has 8 nitrogen and oxygen atoms in total. The molecule has 11 heteroatoms. The number of hydrogen-bond donors (Lipinski definition) is 3. The van der Waals surface area contributed by atoms with Crippen LogP contribution in [0.15, 0.2) is 70.3 Å². The smallest absolute Gasteiger partial charge is 0.330 e. The lowest BCUT2D eigenvalue weighted by molar-refractivity contribution is -0.200. The number of nitrogens with one attached hydrogen (secondary N) is 3. The Morgan fingerprint density at radius 1 is 0.914 bits per heavy atom. The topological polar surface area (TPSA) is 113 Å². The summed E-state index contributed by atoms with van der Waals surface area (Å²) in [6.07, 6.45) is -5.34. The molecule has 0 saturated carbocycles. The van der Waals surface area contributed by atoms with E-state index in [4.69, 9.17) is 0 Å². The highest BCUT2D eigenvalue weighted by Gasteiger charge is 2.68. The first-order valence-electron chi connectivity index (χ1n) is 10.8. The van der Waals surface area contributed by atoms with Crippen LogP contribution >= 0.6 is 0 Å². The van der Waals surface area contributed by atoms with Gasteiger partial charge in [-0.3, -0.25) is 23.9 Å². The van der Waals surface area contributed by atoms with Crippen LogP contribution in [-0.2, 0) is 34.5 Å². The van der Waals surface area contributed by atoms with Crippen molar-refractivity contribution in [3.05, 3.63) is 98.2 Å². The number of aromatic amines is 1. The zero-order valence-corrected chi connectivity index (χ0v) is 18.3. The minimum absolute atomic E-state index is 0.113. The van der Waals surface area contributed by atoms with Crippen molar-refractivity contribution in [1.82, 2.24) is 14.9 Å². The molecule has 4 rings (SSSR count). The molecular weight excluding hydrogens is 465 g/mol. The van der Waals surface area contributed by atoms with E-state index in [-0.39, 0.29) is 25.8 Å². The Balaban J connectivity index is 1.71. The van der Waals surface area contributed by atoms with E-state index in [0.29, 0.717) is 5.56 Å². The molecule has 0 saturated heterocycles. The van der Waals surface area contributed by atoms with Crippen LogP contribution in [0, 0.1) is 0 Å². The van der Waals surface area contributed by atoms with Crippen molar-refractivity contribution in [2.24, 2.45) is 0 Å². The Kier molecular flexibility index (Phi) is 6.33. The standard InChI is InChI=1S/C24H21F3N4O4/c25-24(26,27)23(30-17(32)12-11-15-7-3-1-4-8-15)18-19(28-21(23)34)31(22(35)29-20(18)33)14-13-16-9-5-2-6-10-16/h1-10H,11-14H2,(H,28,34)(H,30,32)(H,29,33,35)/t23-/m0/s1. The number of halogens is 3. The number of H-pyrrole nitrogens is 1. The van der Waals surface area contributed by atoms with Crippen molar-refractivity contribution in [2.75, 3.05) is 5.32 Å².